The summed E-state index contributed by atoms with van der Waals surface area (Å²) in [6.45, 7) is 6.59. The van der Waals surface area contributed by atoms with Crippen LogP contribution in [0.1, 0.15) is 26.7 Å². The minimum atomic E-state index is 0.0683. The number of piperidine rings is 1. The fourth-order valence-electron chi connectivity index (χ4n) is 2.31. The number of amides is 1. The number of rotatable bonds is 5. The van der Waals surface area contributed by atoms with Crippen molar-refractivity contribution in [1.82, 2.24) is 4.90 Å². The van der Waals surface area contributed by atoms with E-state index < -0.39 is 0 Å². The molecule has 1 aliphatic rings. The molecule has 0 bridgehead atoms. The Labute approximate surface area is 120 Å². The largest absolute Gasteiger partial charge is 0.494 e. The molecule has 2 rings (SSSR count). The molecule has 1 amide bonds. The molecule has 1 saturated heterocycles. The number of hydrogen-bond donors (Lipinski definition) is 0. The van der Waals surface area contributed by atoms with Crippen LogP contribution in [0.4, 0.5) is 0 Å². The molecule has 0 spiro atoms. The number of likely N-dealkylation sites (tertiary alicyclic amines) is 1. The maximum atomic E-state index is 12.1. The summed E-state index contributed by atoms with van der Waals surface area (Å²) in [5, 5.41) is 0. The van der Waals surface area contributed by atoms with E-state index in [9.17, 15) is 4.79 Å². The van der Waals surface area contributed by atoms with Crippen molar-refractivity contribution in [3.05, 3.63) is 24.3 Å². The van der Waals surface area contributed by atoms with Crippen molar-refractivity contribution in [2.45, 2.75) is 26.7 Å². The zero-order valence-electron chi connectivity index (χ0n) is 12.3. The van der Waals surface area contributed by atoms with Gasteiger partial charge in [0.1, 0.15) is 11.5 Å². The molecule has 0 N–H and O–H groups in total. The topological polar surface area (TPSA) is 38.8 Å². The van der Waals surface area contributed by atoms with Crippen LogP contribution < -0.4 is 9.47 Å². The fourth-order valence-corrected chi connectivity index (χ4v) is 2.31. The van der Waals surface area contributed by atoms with Gasteiger partial charge in [0.05, 0.1) is 6.61 Å². The molecule has 0 aromatic heterocycles. The van der Waals surface area contributed by atoms with Gasteiger partial charge in [0.15, 0.2) is 6.61 Å². The van der Waals surface area contributed by atoms with Gasteiger partial charge in [-0.2, -0.15) is 0 Å². The molecule has 0 saturated carbocycles. The van der Waals surface area contributed by atoms with Gasteiger partial charge in [0.2, 0.25) is 0 Å². The first-order valence-corrected chi connectivity index (χ1v) is 7.32. The first-order valence-electron chi connectivity index (χ1n) is 7.32. The molecule has 1 fully saturated rings. The van der Waals surface area contributed by atoms with Crippen molar-refractivity contribution in [2.75, 3.05) is 26.3 Å². The molecule has 1 heterocycles. The molecular weight excluding hydrogens is 254 g/mol. The van der Waals surface area contributed by atoms with Crippen LogP contribution in [0.2, 0.25) is 0 Å². The first-order chi connectivity index (χ1) is 9.69. The van der Waals surface area contributed by atoms with Crippen LogP contribution in [-0.4, -0.2) is 37.1 Å². The van der Waals surface area contributed by atoms with Crippen LogP contribution in [0.5, 0.6) is 11.5 Å². The molecule has 0 aliphatic carbocycles. The molecule has 110 valence electrons. The van der Waals surface area contributed by atoms with E-state index in [0.717, 1.165) is 37.6 Å². The Bertz CT molecular complexity index is 439. The second-order valence-electron chi connectivity index (χ2n) is 5.26. The van der Waals surface area contributed by atoms with Crippen LogP contribution in [0.3, 0.4) is 0 Å². The van der Waals surface area contributed by atoms with Gasteiger partial charge < -0.3 is 14.4 Å². The standard InChI is InChI=1S/C16H23NO3/c1-3-19-14-5-4-6-15(11-14)20-12-16(18)17-9-7-13(2)8-10-17/h4-6,11,13H,3,7-10,12H2,1-2H3. The lowest BCUT2D eigenvalue weighted by Gasteiger charge is -2.30. The van der Waals surface area contributed by atoms with Crippen molar-refractivity contribution in [3.8, 4) is 11.5 Å². The van der Waals surface area contributed by atoms with Crippen molar-refractivity contribution >= 4 is 5.91 Å². The summed E-state index contributed by atoms with van der Waals surface area (Å²) in [5.74, 6) is 2.24. The molecule has 1 aromatic rings. The van der Waals surface area contributed by atoms with Crippen molar-refractivity contribution in [2.24, 2.45) is 5.92 Å². The lowest BCUT2D eigenvalue weighted by molar-refractivity contribution is -0.134. The average Bonchev–Trinajstić information content (AvgIpc) is 2.46. The lowest BCUT2D eigenvalue weighted by Crippen LogP contribution is -2.40. The van der Waals surface area contributed by atoms with Gasteiger partial charge in [-0.15, -0.1) is 0 Å². The Morgan fingerprint density at radius 2 is 1.90 bits per heavy atom. The fraction of sp³-hybridized carbons (Fsp3) is 0.562. The summed E-state index contributed by atoms with van der Waals surface area (Å²) in [5.41, 5.74) is 0. The summed E-state index contributed by atoms with van der Waals surface area (Å²) in [7, 11) is 0. The maximum Gasteiger partial charge on any atom is 0.260 e. The van der Waals surface area contributed by atoms with E-state index in [0.29, 0.717) is 12.4 Å². The average molecular weight is 277 g/mol. The maximum absolute atomic E-state index is 12.1. The Morgan fingerprint density at radius 1 is 1.25 bits per heavy atom. The van der Waals surface area contributed by atoms with E-state index >= 15 is 0 Å². The normalized spacial score (nSPS) is 16.0. The monoisotopic (exact) mass is 277 g/mol. The highest BCUT2D eigenvalue weighted by Crippen LogP contribution is 2.20. The SMILES string of the molecule is CCOc1cccc(OCC(=O)N2CCC(C)CC2)c1. The predicted molar refractivity (Wildman–Crippen MR) is 78.1 cm³/mol. The highest BCUT2D eigenvalue weighted by molar-refractivity contribution is 5.77. The number of nitrogens with zero attached hydrogens (tertiary/aromatic N) is 1. The van der Waals surface area contributed by atoms with Crippen LogP contribution in [0.25, 0.3) is 0 Å². The first kappa shape index (κ1) is 14.7. The number of carbonyl (C=O) groups excluding carboxylic acids is 1. The molecular formula is C16H23NO3. The Balaban J connectivity index is 1.82. The summed E-state index contributed by atoms with van der Waals surface area (Å²) in [4.78, 5) is 14.0. The van der Waals surface area contributed by atoms with Crippen molar-refractivity contribution < 1.29 is 14.3 Å². The van der Waals surface area contributed by atoms with E-state index in [1.54, 1.807) is 0 Å². The summed E-state index contributed by atoms with van der Waals surface area (Å²) in [6, 6.07) is 7.40. The van der Waals surface area contributed by atoms with Gasteiger partial charge in [-0.1, -0.05) is 13.0 Å². The second kappa shape index (κ2) is 7.17. The highest BCUT2D eigenvalue weighted by atomic mass is 16.5. The summed E-state index contributed by atoms with van der Waals surface area (Å²) >= 11 is 0. The predicted octanol–water partition coefficient (Wildman–Crippen LogP) is 2.72. The molecule has 4 heteroatoms. The molecule has 1 aromatic carbocycles. The van der Waals surface area contributed by atoms with Gasteiger partial charge in [-0.05, 0) is 37.8 Å². The third-order valence-electron chi connectivity index (χ3n) is 3.62. The van der Waals surface area contributed by atoms with E-state index in [1.807, 2.05) is 36.1 Å². The van der Waals surface area contributed by atoms with Crippen LogP contribution in [0, 0.1) is 5.92 Å². The molecule has 4 nitrogen and oxygen atoms in total. The van der Waals surface area contributed by atoms with E-state index in [2.05, 4.69) is 6.92 Å². The van der Waals surface area contributed by atoms with Gasteiger partial charge in [0, 0.05) is 19.2 Å². The highest BCUT2D eigenvalue weighted by Gasteiger charge is 2.20. The third kappa shape index (κ3) is 4.15. The Hall–Kier alpha value is -1.71. The molecule has 1 aliphatic heterocycles. The van der Waals surface area contributed by atoms with Crippen molar-refractivity contribution in [1.29, 1.82) is 0 Å². The molecule has 0 atom stereocenters. The van der Waals surface area contributed by atoms with Gasteiger partial charge in [-0.25, -0.2) is 0 Å². The quantitative estimate of drug-likeness (QED) is 0.830. The van der Waals surface area contributed by atoms with Gasteiger partial charge in [-0.3, -0.25) is 4.79 Å². The van der Waals surface area contributed by atoms with Gasteiger partial charge >= 0.3 is 0 Å². The number of benzene rings is 1. The lowest BCUT2D eigenvalue weighted by atomic mass is 9.99. The number of hydrogen-bond acceptors (Lipinski definition) is 3. The summed E-state index contributed by atoms with van der Waals surface area (Å²) < 4.78 is 11.0. The Morgan fingerprint density at radius 3 is 2.55 bits per heavy atom. The third-order valence-corrected chi connectivity index (χ3v) is 3.62. The Kier molecular flexibility index (Phi) is 5.27. The van der Waals surface area contributed by atoms with Crippen LogP contribution in [0.15, 0.2) is 24.3 Å². The minimum absolute atomic E-state index is 0.0683. The van der Waals surface area contributed by atoms with E-state index in [1.165, 1.54) is 0 Å². The van der Waals surface area contributed by atoms with Gasteiger partial charge in [0.25, 0.3) is 5.91 Å². The minimum Gasteiger partial charge on any atom is -0.494 e. The summed E-state index contributed by atoms with van der Waals surface area (Å²) in [6.07, 6.45) is 2.18. The number of carbonyl (C=O) groups is 1. The number of ether oxygens (including phenoxy) is 2. The van der Waals surface area contributed by atoms with Crippen LogP contribution >= 0.6 is 0 Å². The zero-order valence-corrected chi connectivity index (χ0v) is 12.3. The second-order valence-corrected chi connectivity index (χ2v) is 5.26. The molecule has 0 unspecified atom stereocenters. The zero-order chi connectivity index (χ0) is 14.4. The molecule has 20 heavy (non-hydrogen) atoms. The molecule has 0 radical (unpaired) electrons. The van der Waals surface area contributed by atoms with E-state index in [-0.39, 0.29) is 12.5 Å². The van der Waals surface area contributed by atoms with Crippen LogP contribution in [-0.2, 0) is 4.79 Å². The smallest absolute Gasteiger partial charge is 0.260 e. The van der Waals surface area contributed by atoms with Crippen molar-refractivity contribution in [3.63, 3.8) is 0 Å². The van der Waals surface area contributed by atoms with E-state index in [4.69, 9.17) is 9.47 Å².